The van der Waals surface area contributed by atoms with E-state index in [1.807, 2.05) is 0 Å². The number of nitrogens with zero attached hydrogens (tertiary/aromatic N) is 4. The largest absolute Gasteiger partial charge is 0.442 e. The van der Waals surface area contributed by atoms with Gasteiger partial charge in [0.2, 0.25) is 5.91 Å². The Bertz CT molecular complexity index is 2170. The van der Waals surface area contributed by atoms with Crippen LogP contribution in [0.25, 0.3) is 0 Å². The van der Waals surface area contributed by atoms with Crippen LogP contribution in [0.5, 0.6) is 0 Å². The highest BCUT2D eigenvalue weighted by atomic mass is 35.5. The quantitative estimate of drug-likeness (QED) is 0.154. The van der Waals surface area contributed by atoms with E-state index in [-0.39, 0.29) is 70.3 Å². The van der Waals surface area contributed by atoms with Crippen molar-refractivity contribution < 1.29 is 47.7 Å². The molecule has 0 unspecified atom stereocenters. The van der Waals surface area contributed by atoms with Gasteiger partial charge < -0.3 is 39.4 Å². The van der Waals surface area contributed by atoms with Gasteiger partial charge in [0.05, 0.1) is 57.8 Å². The number of rotatable bonds is 15. The topological polar surface area (TPSA) is 176 Å². The highest BCUT2D eigenvalue weighted by molar-refractivity contribution is 7.18. The zero-order valence-corrected chi connectivity index (χ0v) is 33.7. The predicted molar refractivity (Wildman–Crippen MR) is 218 cm³/mol. The number of amides is 6. The van der Waals surface area contributed by atoms with E-state index < -0.39 is 30.3 Å². The predicted octanol–water partition coefficient (Wildman–Crippen LogP) is 5.04. The minimum Gasteiger partial charge on any atom is -0.442 e. The summed E-state index contributed by atoms with van der Waals surface area (Å²) < 4.78 is 22.7. The monoisotopic (exact) mass is 870 g/mol. The molecule has 6 amide bonds. The molecule has 3 fully saturated rings. The Kier molecular flexibility index (Phi) is 13.1. The smallest absolute Gasteiger partial charge is 0.414 e. The summed E-state index contributed by atoms with van der Waals surface area (Å²) in [6.45, 7) is 1.28. The Morgan fingerprint density at radius 3 is 1.86 bits per heavy atom. The number of thiophene rings is 2. The van der Waals surface area contributed by atoms with E-state index >= 15 is 0 Å². The van der Waals surface area contributed by atoms with Gasteiger partial charge in [-0.15, -0.1) is 22.7 Å². The lowest BCUT2D eigenvalue weighted by Gasteiger charge is -2.27. The molecule has 2 aromatic heterocycles. The molecule has 0 aliphatic carbocycles. The number of morpholine rings is 1. The van der Waals surface area contributed by atoms with E-state index in [0.717, 1.165) is 22.7 Å². The third-order valence-corrected chi connectivity index (χ3v) is 11.7. The molecular formula is C38H36Cl2N6O10S2. The first-order valence-corrected chi connectivity index (χ1v) is 20.4. The molecular weight excluding hydrogens is 835 g/mol. The van der Waals surface area contributed by atoms with Crippen molar-refractivity contribution >= 4 is 104 Å². The van der Waals surface area contributed by atoms with E-state index in [1.165, 1.54) is 14.7 Å². The van der Waals surface area contributed by atoms with E-state index in [1.54, 1.807) is 77.7 Å². The third kappa shape index (κ3) is 9.88. The van der Waals surface area contributed by atoms with Crippen molar-refractivity contribution in [3.8, 4) is 0 Å². The molecule has 4 aromatic rings. The van der Waals surface area contributed by atoms with Gasteiger partial charge in [-0.25, -0.2) is 9.59 Å². The Hall–Kier alpha value is -5.24. The van der Waals surface area contributed by atoms with Crippen molar-refractivity contribution in [1.82, 2.24) is 10.6 Å². The van der Waals surface area contributed by atoms with Crippen LogP contribution in [0.4, 0.5) is 32.3 Å². The van der Waals surface area contributed by atoms with Gasteiger partial charge in [0.25, 0.3) is 17.7 Å². The third-order valence-electron chi connectivity index (χ3n) is 9.22. The van der Waals surface area contributed by atoms with Crippen LogP contribution in [-0.4, -0.2) is 114 Å². The molecule has 58 heavy (non-hydrogen) atoms. The maximum atomic E-state index is 13.6. The minimum absolute atomic E-state index is 0.00177. The summed E-state index contributed by atoms with van der Waals surface area (Å²) in [4.78, 5) is 83.1. The average molecular weight is 872 g/mol. The number of ether oxygens (including phenoxy) is 4. The second-order valence-corrected chi connectivity index (χ2v) is 16.5. The molecule has 3 aliphatic heterocycles. The molecule has 3 aliphatic rings. The highest BCUT2D eigenvalue weighted by Gasteiger charge is 2.34. The fraction of sp³-hybridized carbons (Fsp3) is 0.316. The first-order chi connectivity index (χ1) is 28.0. The summed E-state index contributed by atoms with van der Waals surface area (Å²) in [5, 5.41) is 5.48. The Labute approximate surface area is 350 Å². The molecule has 0 saturated carbocycles. The van der Waals surface area contributed by atoms with E-state index in [9.17, 15) is 28.8 Å². The number of carbonyl (C=O) groups is 6. The first-order valence-electron chi connectivity index (χ1n) is 18.0. The number of benzene rings is 2. The fourth-order valence-electron chi connectivity index (χ4n) is 6.33. The zero-order chi connectivity index (χ0) is 40.8. The standard InChI is InChI=1S/C38H36Cl2N6O10S2/c39-31-11-9-29(57-31)35(49)42-18-28-20-46(38(52)56-28)26-7-3-24(4-8-26)44(36(50)30-10-12-32(40)58-30)14-16-53-21-33(47)41-17-27-19-45(37(51)55-27)25-5-1-23(2-6-25)43-13-15-54-22-34(43)48/h1-12,27-28H,13-22H2,(H,41,47)(H,42,49)/t27-,28-/m0/s1. The Morgan fingerprint density at radius 2 is 1.29 bits per heavy atom. The van der Waals surface area contributed by atoms with Crippen LogP contribution >= 0.6 is 45.9 Å². The molecule has 0 spiro atoms. The van der Waals surface area contributed by atoms with Crippen molar-refractivity contribution in [3.63, 3.8) is 0 Å². The lowest BCUT2D eigenvalue weighted by Crippen LogP contribution is -2.41. The molecule has 0 bridgehead atoms. The minimum atomic E-state index is -0.601. The molecule has 3 saturated heterocycles. The summed E-state index contributed by atoms with van der Waals surface area (Å²) in [6.07, 6.45) is -2.31. The zero-order valence-electron chi connectivity index (χ0n) is 30.6. The number of hydrogen-bond acceptors (Lipinski definition) is 12. The molecule has 7 rings (SSSR count). The van der Waals surface area contributed by atoms with E-state index in [0.29, 0.717) is 54.3 Å². The van der Waals surface area contributed by atoms with Crippen molar-refractivity contribution in [3.05, 3.63) is 91.2 Å². The summed E-state index contributed by atoms with van der Waals surface area (Å²) in [5.74, 6) is -1.22. The van der Waals surface area contributed by atoms with E-state index in [2.05, 4.69) is 10.6 Å². The van der Waals surface area contributed by atoms with Gasteiger partial charge in [0, 0.05) is 35.8 Å². The molecule has 304 valence electrons. The summed E-state index contributed by atoms with van der Waals surface area (Å²) in [5.41, 5.74) is 2.34. The average Bonchev–Trinajstić information content (AvgIpc) is 4.03. The van der Waals surface area contributed by atoms with Crippen molar-refractivity contribution in [1.29, 1.82) is 0 Å². The van der Waals surface area contributed by atoms with Gasteiger partial charge in [0.15, 0.2) is 0 Å². The van der Waals surface area contributed by atoms with Crippen LogP contribution < -0.4 is 30.2 Å². The van der Waals surface area contributed by atoms with Gasteiger partial charge in [-0.3, -0.25) is 29.0 Å². The Morgan fingerprint density at radius 1 is 0.741 bits per heavy atom. The van der Waals surface area contributed by atoms with Gasteiger partial charge in [-0.2, -0.15) is 0 Å². The number of nitrogens with one attached hydrogen (secondary N) is 2. The molecule has 0 radical (unpaired) electrons. The van der Waals surface area contributed by atoms with E-state index in [4.69, 9.17) is 42.1 Å². The second kappa shape index (κ2) is 18.6. The summed E-state index contributed by atoms with van der Waals surface area (Å²) in [7, 11) is 0. The summed E-state index contributed by atoms with van der Waals surface area (Å²) >= 11 is 14.3. The number of cyclic esters (lactones) is 2. The van der Waals surface area contributed by atoms with Crippen molar-refractivity contribution in [2.75, 3.05) is 85.3 Å². The molecule has 2 atom stereocenters. The van der Waals surface area contributed by atoms with Crippen molar-refractivity contribution in [2.24, 2.45) is 0 Å². The number of halogens is 2. The van der Waals surface area contributed by atoms with Gasteiger partial charge >= 0.3 is 12.2 Å². The number of hydrogen-bond donors (Lipinski definition) is 2. The normalized spacial score (nSPS) is 18.0. The lowest BCUT2D eigenvalue weighted by molar-refractivity contribution is -0.126. The van der Waals surface area contributed by atoms with Crippen LogP contribution in [-0.2, 0) is 28.5 Å². The molecule has 5 heterocycles. The van der Waals surface area contributed by atoms with Crippen molar-refractivity contribution in [2.45, 2.75) is 12.2 Å². The van der Waals surface area contributed by atoms with Crippen LogP contribution in [0.1, 0.15) is 19.3 Å². The SMILES string of the molecule is O=C(COCCN(C(=O)c1ccc(Cl)s1)c1ccc(N2C[C@H](CNC(=O)c3ccc(Cl)s3)OC2=O)cc1)NC[C@H]1CN(c2ccc(N3CCOCC3=O)cc2)C(=O)O1. The molecule has 16 nitrogen and oxygen atoms in total. The van der Waals surface area contributed by atoms with Crippen LogP contribution in [0.3, 0.4) is 0 Å². The van der Waals surface area contributed by atoms with Crippen LogP contribution in [0.15, 0.2) is 72.8 Å². The number of anilines is 4. The van der Waals surface area contributed by atoms with Crippen LogP contribution in [0, 0.1) is 0 Å². The fourth-order valence-corrected chi connectivity index (χ4v) is 8.28. The van der Waals surface area contributed by atoms with Gasteiger partial charge in [-0.1, -0.05) is 23.2 Å². The lowest BCUT2D eigenvalue weighted by atomic mass is 10.2. The highest BCUT2D eigenvalue weighted by Crippen LogP contribution is 2.29. The first kappa shape index (κ1) is 40.9. The van der Waals surface area contributed by atoms with Crippen LogP contribution in [0.2, 0.25) is 8.67 Å². The maximum absolute atomic E-state index is 13.6. The second-order valence-electron chi connectivity index (χ2n) is 13.1. The molecule has 20 heteroatoms. The molecule has 2 N–H and O–H groups in total. The molecule has 2 aromatic carbocycles. The maximum Gasteiger partial charge on any atom is 0.414 e. The Balaban J connectivity index is 0.883. The number of carbonyl (C=O) groups excluding carboxylic acids is 6. The summed E-state index contributed by atoms with van der Waals surface area (Å²) in [6, 6.07) is 20.2. The van der Waals surface area contributed by atoms with Gasteiger partial charge in [0.1, 0.15) is 25.4 Å². The van der Waals surface area contributed by atoms with Gasteiger partial charge in [-0.05, 0) is 72.8 Å².